The molecular formula is C26H25ClFN7O. The maximum Gasteiger partial charge on any atom is 0.247 e. The lowest BCUT2D eigenvalue weighted by atomic mass is 10.0. The molecule has 1 aromatic heterocycles. The average Bonchev–Trinajstić information content (AvgIpc) is 3.17. The molecule has 0 aliphatic carbocycles. The molecule has 1 amide bonds. The van der Waals surface area contributed by atoms with Gasteiger partial charge in [-0.3, -0.25) is 10.2 Å². The number of amides is 1. The van der Waals surface area contributed by atoms with Crippen molar-refractivity contribution >= 4 is 51.6 Å². The minimum atomic E-state index is -0.370. The Morgan fingerprint density at radius 1 is 1.14 bits per heavy atom. The summed E-state index contributed by atoms with van der Waals surface area (Å²) in [5, 5.41) is 22.1. The van der Waals surface area contributed by atoms with Crippen LogP contribution >= 0.6 is 11.6 Å². The van der Waals surface area contributed by atoms with E-state index in [9.17, 15) is 9.18 Å². The fourth-order valence-electron chi connectivity index (χ4n) is 3.79. The SMILES string of the molecule is C=CC(=O)Nc1cccc(Nc2c3cc(Cl)c(-c4ccccc4F)cc3nn2CCCNC(=N)N)c1. The van der Waals surface area contributed by atoms with E-state index in [-0.39, 0.29) is 17.7 Å². The van der Waals surface area contributed by atoms with Crippen LogP contribution in [0.2, 0.25) is 5.02 Å². The first-order valence-corrected chi connectivity index (χ1v) is 11.6. The number of fused-ring (bicyclic) bond motifs is 1. The smallest absolute Gasteiger partial charge is 0.247 e. The second-order valence-electron chi connectivity index (χ2n) is 7.99. The molecule has 184 valence electrons. The highest BCUT2D eigenvalue weighted by molar-refractivity contribution is 6.34. The Morgan fingerprint density at radius 3 is 2.67 bits per heavy atom. The molecule has 0 aliphatic heterocycles. The van der Waals surface area contributed by atoms with Gasteiger partial charge in [0.2, 0.25) is 5.91 Å². The molecule has 0 radical (unpaired) electrons. The van der Waals surface area contributed by atoms with Crippen molar-refractivity contribution in [3.05, 3.63) is 84.2 Å². The number of carbonyl (C=O) groups excluding carboxylic acids is 1. The van der Waals surface area contributed by atoms with Crippen molar-refractivity contribution in [3.63, 3.8) is 0 Å². The Kier molecular flexibility index (Phi) is 7.50. The van der Waals surface area contributed by atoms with Crippen LogP contribution in [0.5, 0.6) is 0 Å². The van der Waals surface area contributed by atoms with Crippen LogP contribution in [0.3, 0.4) is 0 Å². The number of halogens is 2. The largest absolute Gasteiger partial charge is 0.370 e. The van der Waals surface area contributed by atoms with Gasteiger partial charge in [-0.1, -0.05) is 42.4 Å². The highest BCUT2D eigenvalue weighted by atomic mass is 35.5. The van der Waals surface area contributed by atoms with Gasteiger partial charge >= 0.3 is 0 Å². The summed E-state index contributed by atoms with van der Waals surface area (Å²) >= 11 is 6.62. The van der Waals surface area contributed by atoms with Crippen LogP contribution in [-0.4, -0.2) is 28.2 Å². The second-order valence-corrected chi connectivity index (χ2v) is 8.40. The van der Waals surface area contributed by atoms with Crippen LogP contribution in [0.25, 0.3) is 22.0 Å². The molecular weight excluding hydrogens is 481 g/mol. The second kappa shape index (κ2) is 10.9. The van der Waals surface area contributed by atoms with E-state index in [0.29, 0.717) is 52.7 Å². The number of hydrogen-bond acceptors (Lipinski definition) is 4. The zero-order valence-electron chi connectivity index (χ0n) is 19.3. The van der Waals surface area contributed by atoms with Gasteiger partial charge in [0.05, 0.1) is 5.52 Å². The molecule has 0 bridgehead atoms. The summed E-state index contributed by atoms with van der Waals surface area (Å²) in [7, 11) is 0. The van der Waals surface area contributed by atoms with Crippen molar-refractivity contribution in [2.75, 3.05) is 17.2 Å². The van der Waals surface area contributed by atoms with Crippen LogP contribution in [-0.2, 0) is 11.3 Å². The Hall–Kier alpha value is -4.37. The Labute approximate surface area is 212 Å². The molecule has 36 heavy (non-hydrogen) atoms. The number of guanidine groups is 1. The first-order valence-electron chi connectivity index (χ1n) is 11.2. The predicted molar refractivity (Wildman–Crippen MR) is 143 cm³/mol. The lowest BCUT2D eigenvalue weighted by Crippen LogP contribution is -2.31. The number of aryl methyl sites for hydroxylation is 1. The van der Waals surface area contributed by atoms with E-state index in [1.54, 1.807) is 47.1 Å². The molecule has 1 heterocycles. The predicted octanol–water partition coefficient (Wildman–Crippen LogP) is 5.24. The summed E-state index contributed by atoms with van der Waals surface area (Å²) in [6, 6.07) is 17.2. The van der Waals surface area contributed by atoms with Crippen LogP contribution in [0.1, 0.15) is 6.42 Å². The molecule has 4 rings (SSSR count). The van der Waals surface area contributed by atoms with Crippen molar-refractivity contribution < 1.29 is 9.18 Å². The van der Waals surface area contributed by atoms with Gasteiger partial charge in [0.1, 0.15) is 11.6 Å². The van der Waals surface area contributed by atoms with Crippen molar-refractivity contribution in [2.24, 2.45) is 5.73 Å². The van der Waals surface area contributed by atoms with Crippen molar-refractivity contribution in [2.45, 2.75) is 13.0 Å². The van der Waals surface area contributed by atoms with Gasteiger partial charge in [0.25, 0.3) is 0 Å². The number of benzene rings is 3. The third-order valence-electron chi connectivity index (χ3n) is 5.43. The molecule has 8 nitrogen and oxygen atoms in total. The Balaban J connectivity index is 1.74. The molecule has 0 unspecified atom stereocenters. The Morgan fingerprint density at radius 2 is 1.92 bits per heavy atom. The van der Waals surface area contributed by atoms with Crippen molar-refractivity contribution in [1.82, 2.24) is 15.1 Å². The van der Waals surface area contributed by atoms with Gasteiger partial charge in [0, 0.05) is 46.0 Å². The third kappa shape index (κ3) is 5.64. The van der Waals surface area contributed by atoms with Crippen molar-refractivity contribution in [1.29, 1.82) is 5.41 Å². The van der Waals surface area contributed by atoms with Gasteiger partial charge in [-0.15, -0.1) is 0 Å². The molecule has 0 saturated heterocycles. The number of nitrogens with two attached hydrogens (primary N) is 1. The summed E-state index contributed by atoms with van der Waals surface area (Å²) in [6.07, 6.45) is 1.85. The molecule has 3 aromatic carbocycles. The van der Waals surface area contributed by atoms with E-state index in [1.807, 2.05) is 12.1 Å². The van der Waals surface area contributed by atoms with Gasteiger partial charge in [-0.2, -0.15) is 5.10 Å². The maximum absolute atomic E-state index is 14.5. The number of nitrogens with zero attached hydrogens (tertiary/aromatic N) is 2. The number of anilines is 3. The standard InChI is InChI=1S/C26H25ClFN7O/c1-2-24(36)32-16-7-5-8-17(13-16)33-25-20-14-21(27)19(18-9-3-4-10-22(18)28)15-23(20)34-35(25)12-6-11-31-26(29)30/h2-5,7-10,13-15,33H,1,6,11-12H2,(H,32,36)(H4,29,30,31). The average molecular weight is 506 g/mol. The summed E-state index contributed by atoms with van der Waals surface area (Å²) in [6.45, 7) is 4.48. The minimum absolute atomic E-state index is 0.0985. The van der Waals surface area contributed by atoms with E-state index < -0.39 is 0 Å². The van der Waals surface area contributed by atoms with E-state index in [4.69, 9.17) is 27.8 Å². The van der Waals surface area contributed by atoms with Gasteiger partial charge in [-0.05, 0) is 48.9 Å². The molecule has 0 saturated carbocycles. The lowest BCUT2D eigenvalue weighted by molar-refractivity contribution is -0.111. The molecule has 4 aromatic rings. The van der Waals surface area contributed by atoms with E-state index in [2.05, 4.69) is 22.5 Å². The van der Waals surface area contributed by atoms with Gasteiger partial charge in [0.15, 0.2) is 5.96 Å². The fraction of sp³-hybridized carbons (Fsp3) is 0.115. The zero-order chi connectivity index (χ0) is 25.7. The van der Waals surface area contributed by atoms with Crippen LogP contribution in [0.4, 0.5) is 21.6 Å². The summed E-state index contributed by atoms with van der Waals surface area (Å²) in [4.78, 5) is 11.7. The normalized spacial score (nSPS) is 10.7. The maximum atomic E-state index is 14.5. The van der Waals surface area contributed by atoms with Gasteiger partial charge in [-0.25, -0.2) is 9.07 Å². The third-order valence-corrected chi connectivity index (χ3v) is 5.74. The monoisotopic (exact) mass is 505 g/mol. The Bertz CT molecular complexity index is 1450. The molecule has 10 heteroatoms. The van der Waals surface area contributed by atoms with Crippen molar-refractivity contribution in [3.8, 4) is 11.1 Å². The number of nitrogens with one attached hydrogen (secondary N) is 4. The number of hydrogen-bond donors (Lipinski definition) is 5. The first-order chi connectivity index (χ1) is 17.4. The summed E-state index contributed by atoms with van der Waals surface area (Å²) in [5.41, 5.74) is 8.28. The van der Waals surface area contributed by atoms with Crippen LogP contribution in [0, 0.1) is 11.2 Å². The highest BCUT2D eigenvalue weighted by Gasteiger charge is 2.17. The quantitative estimate of drug-likeness (QED) is 0.0922. The van der Waals surface area contributed by atoms with Crippen LogP contribution < -0.4 is 21.7 Å². The molecule has 6 N–H and O–H groups in total. The summed E-state index contributed by atoms with van der Waals surface area (Å²) in [5.74, 6) is -0.0982. The van der Waals surface area contributed by atoms with E-state index in [0.717, 1.165) is 11.1 Å². The number of rotatable bonds is 9. The first kappa shape index (κ1) is 24.7. The number of carbonyl (C=O) groups is 1. The summed E-state index contributed by atoms with van der Waals surface area (Å²) < 4.78 is 16.3. The molecule has 0 aliphatic rings. The number of aromatic nitrogens is 2. The van der Waals surface area contributed by atoms with E-state index >= 15 is 0 Å². The lowest BCUT2D eigenvalue weighted by Gasteiger charge is -2.12. The highest BCUT2D eigenvalue weighted by Crippen LogP contribution is 2.37. The van der Waals surface area contributed by atoms with E-state index in [1.165, 1.54) is 12.1 Å². The molecule has 0 atom stereocenters. The minimum Gasteiger partial charge on any atom is -0.370 e. The molecule has 0 spiro atoms. The van der Waals surface area contributed by atoms with Crippen LogP contribution in [0.15, 0.2) is 73.3 Å². The van der Waals surface area contributed by atoms with Gasteiger partial charge < -0.3 is 21.7 Å². The fourth-order valence-corrected chi connectivity index (χ4v) is 4.06. The topological polar surface area (TPSA) is 121 Å². The molecule has 0 fully saturated rings. The zero-order valence-corrected chi connectivity index (χ0v) is 20.1.